The summed E-state index contributed by atoms with van der Waals surface area (Å²) >= 11 is 11.8. The summed E-state index contributed by atoms with van der Waals surface area (Å²) in [6, 6.07) is 11.8. The molecular formula is C13H7Cl2NO. The molecular weight excluding hydrogens is 257 g/mol. The van der Waals surface area contributed by atoms with Crippen LogP contribution in [0.25, 0.3) is 11.1 Å². The van der Waals surface area contributed by atoms with Crippen LogP contribution in [0.1, 0.15) is 5.56 Å². The molecule has 0 unspecified atom stereocenters. The van der Waals surface area contributed by atoms with Gasteiger partial charge < -0.3 is 5.11 Å². The molecule has 0 spiro atoms. The van der Waals surface area contributed by atoms with Crippen molar-refractivity contribution in [3.63, 3.8) is 0 Å². The van der Waals surface area contributed by atoms with E-state index in [1.54, 1.807) is 30.3 Å². The molecule has 17 heavy (non-hydrogen) atoms. The minimum absolute atomic E-state index is 0.0376. The second-order valence-corrected chi connectivity index (χ2v) is 4.37. The van der Waals surface area contributed by atoms with E-state index in [4.69, 9.17) is 28.5 Å². The van der Waals surface area contributed by atoms with Crippen LogP contribution in [-0.2, 0) is 0 Å². The van der Waals surface area contributed by atoms with Crippen molar-refractivity contribution in [2.45, 2.75) is 0 Å². The second-order valence-electron chi connectivity index (χ2n) is 3.50. The fourth-order valence-electron chi connectivity index (χ4n) is 1.53. The van der Waals surface area contributed by atoms with Crippen LogP contribution < -0.4 is 0 Å². The van der Waals surface area contributed by atoms with Gasteiger partial charge in [-0.15, -0.1) is 0 Å². The molecule has 0 saturated heterocycles. The third-order valence-electron chi connectivity index (χ3n) is 2.31. The van der Waals surface area contributed by atoms with Crippen molar-refractivity contribution in [1.29, 1.82) is 5.26 Å². The van der Waals surface area contributed by atoms with E-state index in [9.17, 15) is 5.11 Å². The van der Waals surface area contributed by atoms with Crippen LogP contribution in [0.4, 0.5) is 0 Å². The summed E-state index contributed by atoms with van der Waals surface area (Å²) in [5.41, 5.74) is 1.81. The van der Waals surface area contributed by atoms with Gasteiger partial charge in [0.05, 0.1) is 5.56 Å². The van der Waals surface area contributed by atoms with E-state index in [2.05, 4.69) is 0 Å². The van der Waals surface area contributed by atoms with Crippen molar-refractivity contribution in [3.8, 4) is 22.9 Å². The summed E-state index contributed by atoms with van der Waals surface area (Å²) in [4.78, 5) is 0. The Balaban J connectivity index is 2.57. The molecule has 0 aliphatic heterocycles. The van der Waals surface area contributed by atoms with Crippen LogP contribution in [0, 0.1) is 11.3 Å². The molecule has 0 aliphatic rings. The standard InChI is InChI=1S/C13H7Cl2NO/c14-11-4-9(5-12(15)6-11)8-1-2-13(17)10(3-8)7-16/h1-6,17H. The molecule has 0 aromatic heterocycles. The Morgan fingerprint density at radius 1 is 0.941 bits per heavy atom. The summed E-state index contributed by atoms with van der Waals surface area (Å²) in [7, 11) is 0. The van der Waals surface area contributed by atoms with Gasteiger partial charge in [-0.25, -0.2) is 0 Å². The molecule has 0 fully saturated rings. The Hall–Kier alpha value is -1.69. The predicted molar refractivity (Wildman–Crippen MR) is 68.3 cm³/mol. The van der Waals surface area contributed by atoms with E-state index in [0.29, 0.717) is 10.0 Å². The molecule has 0 aliphatic carbocycles. The van der Waals surface area contributed by atoms with Crippen molar-refractivity contribution in [1.82, 2.24) is 0 Å². The van der Waals surface area contributed by atoms with E-state index in [-0.39, 0.29) is 11.3 Å². The molecule has 2 rings (SSSR count). The van der Waals surface area contributed by atoms with Crippen LogP contribution in [0.3, 0.4) is 0 Å². The third-order valence-corrected chi connectivity index (χ3v) is 2.75. The Kier molecular flexibility index (Phi) is 3.23. The molecule has 0 amide bonds. The van der Waals surface area contributed by atoms with Gasteiger partial charge >= 0.3 is 0 Å². The largest absolute Gasteiger partial charge is 0.507 e. The first-order valence-electron chi connectivity index (χ1n) is 4.80. The highest BCUT2D eigenvalue weighted by Crippen LogP contribution is 2.29. The summed E-state index contributed by atoms with van der Waals surface area (Å²) in [6.07, 6.45) is 0. The van der Waals surface area contributed by atoms with Crippen molar-refractivity contribution < 1.29 is 5.11 Å². The number of nitriles is 1. The molecule has 2 aromatic rings. The van der Waals surface area contributed by atoms with Crippen LogP contribution in [0.2, 0.25) is 10.0 Å². The Morgan fingerprint density at radius 2 is 1.59 bits per heavy atom. The van der Waals surface area contributed by atoms with Crippen LogP contribution in [0.15, 0.2) is 36.4 Å². The smallest absolute Gasteiger partial charge is 0.133 e. The minimum atomic E-state index is -0.0376. The lowest BCUT2D eigenvalue weighted by Crippen LogP contribution is -1.82. The first-order valence-corrected chi connectivity index (χ1v) is 5.55. The van der Waals surface area contributed by atoms with Gasteiger partial charge in [0.1, 0.15) is 11.8 Å². The van der Waals surface area contributed by atoms with Gasteiger partial charge in [0, 0.05) is 10.0 Å². The molecule has 2 nitrogen and oxygen atoms in total. The number of hydrogen-bond donors (Lipinski definition) is 1. The SMILES string of the molecule is N#Cc1cc(-c2cc(Cl)cc(Cl)c2)ccc1O. The van der Waals surface area contributed by atoms with Crippen LogP contribution >= 0.6 is 23.2 Å². The van der Waals surface area contributed by atoms with Crippen LogP contribution in [0.5, 0.6) is 5.75 Å². The van der Waals surface area contributed by atoms with Gasteiger partial charge in [0.15, 0.2) is 0 Å². The molecule has 0 bridgehead atoms. The fourth-order valence-corrected chi connectivity index (χ4v) is 2.05. The van der Waals surface area contributed by atoms with Gasteiger partial charge in [-0.1, -0.05) is 29.3 Å². The minimum Gasteiger partial charge on any atom is -0.507 e. The highest BCUT2D eigenvalue weighted by Gasteiger charge is 2.05. The Morgan fingerprint density at radius 3 is 2.18 bits per heavy atom. The number of halogens is 2. The number of benzene rings is 2. The van der Waals surface area contributed by atoms with Gasteiger partial charge in [-0.3, -0.25) is 0 Å². The summed E-state index contributed by atoms with van der Waals surface area (Å²) in [5.74, 6) is -0.0376. The van der Waals surface area contributed by atoms with E-state index < -0.39 is 0 Å². The van der Waals surface area contributed by atoms with E-state index in [1.165, 1.54) is 6.07 Å². The number of aromatic hydroxyl groups is 1. The molecule has 0 heterocycles. The average Bonchev–Trinajstić information content (AvgIpc) is 2.28. The summed E-state index contributed by atoms with van der Waals surface area (Å²) < 4.78 is 0. The van der Waals surface area contributed by atoms with Crippen molar-refractivity contribution in [3.05, 3.63) is 52.0 Å². The van der Waals surface area contributed by atoms with Gasteiger partial charge in [0.25, 0.3) is 0 Å². The normalized spacial score (nSPS) is 9.94. The van der Waals surface area contributed by atoms with Crippen molar-refractivity contribution in [2.75, 3.05) is 0 Å². The Labute approximate surface area is 109 Å². The van der Waals surface area contributed by atoms with E-state index in [1.807, 2.05) is 6.07 Å². The zero-order valence-corrected chi connectivity index (χ0v) is 10.1. The molecule has 0 radical (unpaired) electrons. The third kappa shape index (κ3) is 2.52. The Bertz CT molecular complexity index is 597. The summed E-state index contributed by atoms with van der Waals surface area (Å²) in [5, 5.41) is 19.3. The number of phenols is 1. The molecule has 4 heteroatoms. The lowest BCUT2D eigenvalue weighted by Gasteiger charge is -2.05. The molecule has 0 saturated carbocycles. The quantitative estimate of drug-likeness (QED) is 0.837. The average molecular weight is 264 g/mol. The first-order chi connectivity index (χ1) is 8.10. The second kappa shape index (κ2) is 4.67. The van der Waals surface area contributed by atoms with Gasteiger partial charge in [-0.05, 0) is 41.5 Å². The maximum absolute atomic E-state index is 9.42. The topological polar surface area (TPSA) is 44.0 Å². The highest BCUT2D eigenvalue weighted by molar-refractivity contribution is 6.35. The first kappa shape index (κ1) is 11.8. The zero-order chi connectivity index (χ0) is 12.4. The predicted octanol–water partition coefficient (Wildman–Crippen LogP) is 4.24. The maximum Gasteiger partial charge on any atom is 0.133 e. The summed E-state index contributed by atoms with van der Waals surface area (Å²) in [6.45, 7) is 0. The van der Waals surface area contributed by atoms with Gasteiger partial charge in [0.2, 0.25) is 0 Å². The lowest BCUT2D eigenvalue weighted by atomic mass is 10.0. The number of rotatable bonds is 1. The molecule has 1 N–H and O–H groups in total. The number of hydrogen-bond acceptors (Lipinski definition) is 2. The fraction of sp³-hybridized carbons (Fsp3) is 0. The van der Waals surface area contributed by atoms with Crippen molar-refractivity contribution in [2.24, 2.45) is 0 Å². The molecule has 2 aromatic carbocycles. The zero-order valence-electron chi connectivity index (χ0n) is 8.61. The monoisotopic (exact) mass is 263 g/mol. The van der Waals surface area contributed by atoms with Crippen molar-refractivity contribution >= 4 is 23.2 Å². The molecule has 0 atom stereocenters. The van der Waals surface area contributed by atoms with Crippen LogP contribution in [-0.4, -0.2) is 5.11 Å². The maximum atomic E-state index is 9.42. The lowest BCUT2D eigenvalue weighted by molar-refractivity contribution is 0.473. The van der Waals surface area contributed by atoms with Gasteiger partial charge in [-0.2, -0.15) is 5.26 Å². The van der Waals surface area contributed by atoms with E-state index in [0.717, 1.165) is 11.1 Å². The van der Waals surface area contributed by atoms with E-state index >= 15 is 0 Å². The highest BCUT2D eigenvalue weighted by atomic mass is 35.5. The number of phenolic OH excluding ortho intramolecular Hbond substituents is 1. The molecule has 84 valence electrons. The number of nitrogens with zero attached hydrogens (tertiary/aromatic N) is 1.